The van der Waals surface area contributed by atoms with Crippen molar-refractivity contribution in [2.75, 3.05) is 19.7 Å². The Kier molecular flexibility index (Phi) is 9.39. The zero-order valence-electron chi connectivity index (χ0n) is 25.0. The molecule has 224 valence electrons. The maximum atomic E-state index is 14.2. The summed E-state index contributed by atoms with van der Waals surface area (Å²) in [5, 5.41) is 32.6. The molecule has 41 heavy (non-hydrogen) atoms. The van der Waals surface area contributed by atoms with E-state index in [1.165, 1.54) is 0 Å². The van der Waals surface area contributed by atoms with Gasteiger partial charge in [0.05, 0.1) is 29.8 Å². The fraction of sp³-hybridized carbons (Fsp3) is 0.700. The van der Waals surface area contributed by atoms with Gasteiger partial charge in [0.25, 0.3) is 0 Å². The molecule has 3 aliphatic heterocycles. The van der Waals surface area contributed by atoms with E-state index in [0.29, 0.717) is 19.3 Å². The number of carbonyl (C=O) groups excluding carboxylic acids is 2. The number of fused-ring (bicyclic) bond motifs is 2. The lowest BCUT2D eigenvalue weighted by molar-refractivity contribution is -0.147. The minimum absolute atomic E-state index is 0.00987. The van der Waals surface area contributed by atoms with E-state index in [-0.39, 0.29) is 37.2 Å². The van der Waals surface area contributed by atoms with Gasteiger partial charge >= 0.3 is 13.2 Å². The number of ether oxygens (including phenoxy) is 2. The number of carbonyl (C=O) groups is 2. The Hall–Kier alpha value is -2.65. The van der Waals surface area contributed by atoms with Crippen molar-refractivity contribution in [2.45, 2.75) is 108 Å². The van der Waals surface area contributed by atoms with Crippen LogP contribution in [0, 0.1) is 16.7 Å². The smallest absolute Gasteiger partial charge is 0.447 e. The molecule has 1 aromatic carbocycles. The van der Waals surface area contributed by atoms with Crippen molar-refractivity contribution in [3.8, 4) is 6.07 Å². The summed E-state index contributed by atoms with van der Waals surface area (Å²) in [6, 6.07) is 11.6. The molecule has 4 rings (SSSR count). The van der Waals surface area contributed by atoms with E-state index in [2.05, 4.69) is 30.1 Å². The Labute approximate surface area is 244 Å². The predicted octanol–water partition coefficient (Wildman–Crippen LogP) is 2.67. The highest BCUT2D eigenvalue weighted by molar-refractivity contribution is 6.43. The van der Waals surface area contributed by atoms with Crippen LogP contribution in [0.1, 0.15) is 72.3 Å². The quantitative estimate of drug-likeness (QED) is 0.367. The van der Waals surface area contributed by atoms with E-state index in [0.717, 1.165) is 31.5 Å². The number of nitrogens with one attached hydrogen (secondary N) is 1. The van der Waals surface area contributed by atoms with E-state index < -0.39 is 35.6 Å². The second kappa shape index (κ2) is 12.3. The van der Waals surface area contributed by atoms with Crippen molar-refractivity contribution in [3.63, 3.8) is 0 Å². The first-order chi connectivity index (χ1) is 19.3. The van der Waals surface area contributed by atoms with Gasteiger partial charge in [-0.1, -0.05) is 30.3 Å². The number of amides is 2. The average molecular weight is 569 g/mol. The van der Waals surface area contributed by atoms with Crippen LogP contribution in [0.25, 0.3) is 0 Å². The standard InChI is InChI=1S/C30H45BN4O6/c1-21-16-34(17-22(2)41-21)28(3,4)18-29(5,19-32)26(36)35-24-11-13-30(35,14-12-24)20-40-27(37)33-25(31(38)39)15-23-9-7-6-8-10-23/h6-10,21-22,24-25,38-39H,11-18,20H2,1-5H3,(H,33,37)/t21-,22-,24?,25-,29?,30?/m0/s1. The molecule has 4 atom stereocenters. The topological polar surface area (TPSA) is 135 Å². The molecule has 0 saturated carbocycles. The molecular weight excluding hydrogens is 523 g/mol. The van der Waals surface area contributed by atoms with Crippen molar-refractivity contribution in [1.82, 2.24) is 15.1 Å². The first kappa shape index (κ1) is 31.3. The molecule has 2 bridgehead atoms. The summed E-state index contributed by atoms with van der Waals surface area (Å²) < 4.78 is 11.5. The number of nitriles is 1. The summed E-state index contributed by atoms with van der Waals surface area (Å²) in [6.45, 7) is 11.5. The minimum atomic E-state index is -1.77. The Morgan fingerprint density at radius 1 is 1.17 bits per heavy atom. The van der Waals surface area contributed by atoms with E-state index in [1.54, 1.807) is 6.92 Å². The van der Waals surface area contributed by atoms with Crippen LogP contribution in [0.4, 0.5) is 4.79 Å². The molecule has 3 aliphatic rings. The van der Waals surface area contributed by atoms with Crippen molar-refractivity contribution < 1.29 is 29.1 Å². The molecule has 0 radical (unpaired) electrons. The van der Waals surface area contributed by atoms with Crippen LogP contribution >= 0.6 is 0 Å². The van der Waals surface area contributed by atoms with Gasteiger partial charge in [0.1, 0.15) is 12.0 Å². The van der Waals surface area contributed by atoms with Crippen LogP contribution < -0.4 is 5.32 Å². The van der Waals surface area contributed by atoms with Gasteiger partial charge < -0.3 is 29.7 Å². The Bertz CT molecular complexity index is 1110. The maximum Gasteiger partial charge on any atom is 0.475 e. The summed E-state index contributed by atoms with van der Waals surface area (Å²) >= 11 is 0. The zero-order chi connectivity index (χ0) is 30.0. The van der Waals surface area contributed by atoms with Crippen molar-refractivity contribution >= 4 is 19.1 Å². The van der Waals surface area contributed by atoms with E-state index in [9.17, 15) is 24.9 Å². The van der Waals surface area contributed by atoms with Crippen LogP contribution in [0.15, 0.2) is 30.3 Å². The molecule has 1 unspecified atom stereocenters. The largest absolute Gasteiger partial charge is 0.475 e. The lowest BCUT2D eigenvalue weighted by Gasteiger charge is -2.48. The zero-order valence-corrected chi connectivity index (χ0v) is 25.0. The highest BCUT2D eigenvalue weighted by Gasteiger charge is 2.58. The molecule has 3 heterocycles. The van der Waals surface area contributed by atoms with Gasteiger partial charge in [-0.25, -0.2) is 4.79 Å². The summed E-state index contributed by atoms with van der Waals surface area (Å²) in [7, 11) is -1.77. The van der Waals surface area contributed by atoms with E-state index >= 15 is 0 Å². The van der Waals surface area contributed by atoms with Crippen LogP contribution in [-0.4, -0.2) is 93.9 Å². The molecule has 2 amide bonds. The fourth-order valence-corrected chi connectivity index (χ4v) is 7.19. The third kappa shape index (κ3) is 6.88. The maximum absolute atomic E-state index is 14.2. The summed E-state index contributed by atoms with van der Waals surface area (Å²) in [5.41, 5.74) is -1.49. The molecule has 0 spiro atoms. The molecule has 1 aromatic rings. The fourth-order valence-electron chi connectivity index (χ4n) is 7.19. The third-order valence-electron chi connectivity index (χ3n) is 9.19. The van der Waals surface area contributed by atoms with Gasteiger partial charge in [-0.3, -0.25) is 9.69 Å². The van der Waals surface area contributed by atoms with Crippen LogP contribution in [-0.2, 0) is 20.7 Å². The predicted molar refractivity (Wildman–Crippen MR) is 154 cm³/mol. The Balaban J connectivity index is 1.43. The molecule has 10 nitrogen and oxygen atoms in total. The number of benzene rings is 1. The van der Waals surface area contributed by atoms with E-state index in [1.807, 2.05) is 49.1 Å². The summed E-state index contributed by atoms with van der Waals surface area (Å²) in [4.78, 5) is 31.2. The van der Waals surface area contributed by atoms with Crippen molar-refractivity contribution in [2.24, 2.45) is 5.41 Å². The number of nitrogens with zero attached hydrogens (tertiary/aromatic N) is 3. The highest BCUT2D eigenvalue weighted by atomic mass is 16.6. The number of hydrogen-bond acceptors (Lipinski definition) is 8. The first-order valence-electron chi connectivity index (χ1n) is 14.8. The van der Waals surface area contributed by atoms with Crippen molar-refractivity contribution in [3.05, 3.63) is 35.9 Å². The van der Waals surface area contributed by atoms with Gasteiger partial charge in [-0.2, -0.15) is 5.26 Å². The average Bonchev–Trinajstić information content (AvgIpc) is 3.46. The number of hydrogen-bond donors (Lipinski definition) is 3. The first-order valence-corrected chi connectivity index (χ1v) is 14.8. The number of morpholine rings is 1. The van der Waals surface area contributed by atoms with Crippen LogP contribution in [0.5, 0.6) is 0 Å². The second-order valence-corrected chi connectivity index (χ2v) is 13.2. The molecule has 0 aromatic heterocycles. The monoisotopic (exact) mass is 568 g/mol. The molecule has 3 N–H and O–H groups in total. The summed E-state index contributed by atoms with van der Waals surface area (Å²) in [5.74, 6) is -1.16. The second-order valence-electron chi connectivity index (χ2n) is 13.2. The van der Waals surface area contributed by atoms with Crippen molar-refractivity contribution in [1.29, 1.82) is 5.26 Å². The highest BCUT2D eigenvalue weighted by Crippen LogP contribution is 2.49. The molecule has 0 aliphatic carbocycles. The lowest BCUT2D eigenvalue weighted by Crippen LogP contribution is -2.59. The molecule has 3 fully saturated rings. The molecular formula is C30H45BN4O6. The number of rotatable bonds is 10. The minimum Gasteiger partial charge on any atom is -0.447 e. The van der Waals surface area contributed by atoms with Gasteiger partial charge in [0.2, 0.25) is 5.91 Å². The van der Waals surface area contributed by atoms with Gasteiger partial charge in [-0.15, -0.1) is 0 Å². The van der Waals surface area contributed by atoms with Crippen LogP contribution in [0.2, 0.25) is 0 Å². The molecule has 11 heteroatoms. The van der Waals surface area contributed by atoms with Gasteiger partial charge in [-0.05, 0) is 78.7 Å². The lowest BCUT2D eigenvalue weighted by atomic mass is 9.76. The molecule has 3 saturated heterocycles. The Morgan fingerprint density at radius 2 is 1.78 bits per heavy atom. The van der Waals surface area contributed by atoms with Gasteiger partial charge in [0.15, 0.2) is 0 Å². The van der Waals surface area contributed by atoms with E-state index in [4.69, 9.17) is 9.47 Å². The summed E-state index contributed by atoms with van der Waals surface area (Å²) in [6.07, 6.45) is 2.94. The Morgan fingerprint density at radius 3 is 2.34 bits per heavy atom. The normalized spacial score (nSPS) is 28.4. The SMILES string of the molecule is C[C@H]1CN(C(C)(C)CC(C)(C#N)C(=O)N2C3CCC2(COC(=O)N[C@@H](Cc2ccccc2)B(O)O)CC3)C[C@H](C)O1. The van der Waals surface area contributed by atoms with Crippen LogP contribution in [0.3, 0.4) is 0 Å². The number of alkyl carbamates (subject to hydrolysis) is 1. The van der Waals surface area contributed by atoms with Gasteiger partial charge in [0, 0.05) is 24.7 Å². The third-order valence-corrected chi connectivity index (χ3v) is 9.19.